The Kier molecular flexibility index (Phi) is 4.67. The summed E-state index contributed by atoms with van der Waals surface area (Å²) in [6.07, 6.45) is 7.54. The number of hydrogen-bond donors (Lipinski definition) is 2. The number of aryl methyl sites for hydroxylation is 2. The number of rotatable bonds is 3. The van der Waals surface area contributed by atoms with Crippen LogP contribution in [0.25, 0.3) is 0 Å². The third kappa shape index (κ3) is 3.45. The zero-order valence-corrected chi connectivity index (χ0v) is 15.6. The summed E-state index contributed by atoms with van der Waals surface area (Å²) in [7, 11) is 0. The number of imidazole rings is 1. The Morgan fingerprint density at radius 1 is 1.15 bits per heavy atom. The van der Waals surface area contributed by atoms with Crippen LogP contribution in [0.15, 0.2) is 61.2 Å². The first-order valence-corrected chi connectivity index (χ1v) is 9.32. The van der Waals surface area contributed by atoms with Gasteiger partial charge in [0.15, 0.2) is 0 Å². The molecule has 0 saturated carbocycles. The summed E-state index contributed by atoms with van der Waals surface area (Å²) in [5.74, 6) is 0. The Bertz CT molecular complexity index is 949. The molecule has 3 aromatic rings. The summed E-state index contributed by atoms with van der Waals surface area (Å²) in [5, 5.41) is 6.23. The van der Waals surface area contributed by atoms with Crippen molar-refractivity contribution in [1.29, 1.82) is 0 Å². The maximum absolute atomic E-state index is 12.8. The first-order valence-electron chi connectivity index (χ1n) is 9.32. The van der Waals surface area contributed by atoms with Crippen molar-refractivity contribution in [2.75, 3.05) is 5.32 Å². The first-order chi connectivity index (χ1) is 13.1. The predicted octanol–water partition coefficient (Wildman–Crippen LogP) is 4.55. The van der Waals surface area contributed by atoms with Crippen LogP contribution >= 0.6 is 0 Å². The van der Waals surface area contributed by atoms with Crippen molar-refractivity contribution in [2.24, 2.45) is 0 Å². The minimum Gasteiger partial charge on any atom is -0.332 e. The second-order valence-corrected chi connectivity index (χ2v) is 7.14. The van der Waals surface area contributed by atoms with Gasteiger partial charge in [0, 0.05) is 18.1 Å². The lowest BCUT2D eigenvalue weighted by Crippen LogP contribution is -2.39. The lowest BCUT2D eigenvalue weighted by atomic mass is 9.84. The molecule has 0 radical (unpaired) electrons. The highest BCUT2D eigenvalue weighted by Crippen LogP contribution is 2.37. The van der Waals surface area contributed by atoms with Crippen LogP contribution in [0.4, 0.5) is 10.5 Å². The summed E-state index contributed by atoms with van der Waals surface area (Å²) in [5.41, 5.74) is 5.56. The van der Waals surface area contributed by atoms with Crippen molar-refractivity contribution in [3.63, 3.8) is 0 Å². The van der Waals surface area contributed by atoms with Gasteiger partial charge in [-0.25, -0.2) is 9.78 Å². The number of nitrogens with one attached hydrogen (secondary N) is 2. The fraction of sp³-hybridized carbons (Fsp3) is 0.273. The van der Waals surface area contributed by atoms with Crippen molar-refractivity contribution in [3.05, 3.63) is 83.4 Å². The Labute approximate surface area is 159 Å². The molecule has 5 heteroatoms. The zero-order valence-electron chi connectivity index (χ0n) is 15.6. The molecule has 0 saturated heterocycles. The van der Waals surface area contributed by atoms with Crippen LogP contribution in [0.2, 0.25) is 0 Å². The monoisotopic (exact) mass is 360 g/mol. The van der Waals surface area contributed by atoms with Gasteiger partial charge in [0.1, 0.15) is 0 Å². The van der Waals surface area contributed by atoms with E-state index in [1.807, 2.05) is 50.6 Å². The second-order valence-electron chi connectivity index (χ2n) is 7.14. The van der Waals surface area contributed by atoms with Gasteiger partial charge in [-0.05, 0) is 55.0 Å². The van der Waals surface area contributed by atoms with Crippen LogP contribution in [0.5, 0.6) is 0 Å². The minimum atomic E-state index is -0.185. The molecule has 1 aliphatic carbocycles. The molecule has 2 aromatic carbocycles. The van der Waals surface area contributed by atoms with Crippen LogP contribution in [-0.4, -0.2) is 15.6 Å². The minimum absolute atomic E-state index is 0.103. The Morgan fingerprint density at radius 3 is 2.81 bits per heavy atom. The summed E-state index contributed by atoms with van der Waals surface area (Å²) < 4.78 is 2.10. The maximum Gasteiger partial charge on any atom is 0.319 e. The first kappa shape index (κ1) is 17.3. The van der Waals surface area contributed by atoms with E-state index in [2.05, 4.69) is 38.4 Å². The SMILES string of the molecule is Cc1cccc(NC(=O)N[C@H]2c3ccccc3CC[C@@H]2n2ccnc2)c1C. The van der Waals surface area contributed by atoms with Crippen molar-refractivity contribution in [1.82, 2.24) is 14.9 Å². The molecular weight excluding hydrogens is 336 g/mol. The lowest BCUT2D eigenvalue weighted by molar-refractivity contribution is 0.239. The largest absolute Gasteiger partial charge is 0.332 e. The maximum atomic E-state index is 12.8. The van der Waals surface area contributed by atoms with E-state index in [4.69, 9.17) is 0 Å². The van der Waals surface area contributed by atoms with Gasteiger partial charge in [-0.1, -0.05) is 36.4 Å². The molecular formula is C22H24N4O. The van der Waals surface area contributed by atoms with Crippen molar-refractivity contribution < 1.29 is 4.79 Å². The molecule has 2 amide bonds. The number of benzene rings is 2. The van der Waals surface area contributed by atoms with E-state index in [1.54, 1.807) is 6.20 Å². The standard InChI is InChI=1S/C22H24N4O/c1-15-6-5-9-19(16(15)2)24-22(27)25-21-18-8-4-3-7-17(18)10-11-20(21)26-13-12-23-14-26/h3-9,12-14,20-21H,10-11H2,1-2H3,(H2,24,25,27)/t20-,21-/m0/s1. The van der Waals surface area contributed by atoms with Gasteiger partial charge in [-0.2, -0.15) is 0 Å². The quantitative estimate of drug-likeness (QED) is 0.720. The van der Waals surface area contributed by atoms with Gasteiger partial charge in [0.05, 0.1) is 18.4 Å². The molecule has 0 spiro atoms. The van der Waals surface area contributed by atoms with E-state index < -0.39 is 0 Å². The molecule has 0 fully saturated rings. The summed E-state index contributed by atoms with van der Waals surface area (Å²) in [4.78, 5) is 17.0. The highest BCUT2D eigenvalue weighted by Gasteiger charge is 2.31. The molecule has 1 aromatic heterocycles. The molecule has 138 valence electrons. The molecule has 0 aliphatic heterocycles. The molecule has 4 rings (SSSR count). The number of carbonyl (C=O) groups excluding carboxylic acids is 1. The number of anilines is 1. The topological polar surface area (TPSA) is 59.0 Å². The van der Waals surface area contributed by atoms with E-state index in [9.17, 15) is 4.79 Å². The normalized spacial score (nSPS) is 18.6. The molecule has 1 heterocycles. The number of hydrogen-bond acceptors (Lipinski definition) is 2. The average molecular weight is 360 g/mol. The number of carbonyl (C=O) groups is 1. The number of amides is 2. The third-order valence-corrected chi connectivity index (χ3v) is 5.53. The highest BCUT2D eigenvalue weighted by atomic mass is 16.2. The molecule has 0 unspecified atom stereocenters. The number of nitrogens with zero attached hydrogens (tertiary/aromatic N) is 2. The van der Waals surface area contributed by atoms with Crippen molar-refractivity contribution in [3.8, 4) is 0 Å². The lowest BCUT2D eigenvalue weighted by Gasteiger charge is -2.35. The Hall–Kier alpha value is -3.08. The fourth-order valence-electron chi connectivity index (χ4n) is 3.89. The Morgan fingerprint density at radius 2 is 2.00 bits per heavy atom. The van der Waals surface area contributed by atoms with Crippen LogP contribution in [-0.2, 0) is 6.42 Å². The number of urea groups is 1. The molecule has 27 heavy (non-hydrogen) atoms. The van der Waals surface area contributed by atoms with E-state index in [1.165, 1.54) is 11.1 Å². The van der Waals surface area contributed by atoms with Gasteiger partial charge in [0.25, 0.3) is 0 Å². The van der Waals surface area contributed by atoms with E-state index >= 15 is 0 Å². The zero-order chi connectivity index (χ0) is 18.8. The van der Waals surface area contributed by atoms with Gasteiger partial charge >= 0.3 is 6.03 Å². The molecule has 0 bridgehead atoms. The third-order valence-electron chi connectivity index (χ3n) is 5.53. The van der Waals surface area contributed by atoms with E-state index in [0.29, 0.717) is 0 Å². The van der Waals surface area contributed by atoms with Crippen LogP contribution in [0.3, 0.4) is 0 Å². The second kappa shape index (κ2) is 7.27. The summed E-state index contributed by atoms with van der Waals surface area (Å²) >= 11 is 0. The summed E-state index contributed by atoms with van der Waals surface area (Å²) in [6, 6.07) is 14.2. The molecule has 5 nitrogen and oxygen atoms in total. The van der Waals surface area contributed by atoms with E-state index in [-0.39, 0.29) is 18.1 Å². The van der Waals surface area contributed by atoms with Crippen LogP contribution in [0.1, 0.15) is 40.8 Å². The number of fused-ring (bicyclic) bond motifs is 1. The van der Waals surface area contributed by atoms with Crippen molar-refractivity contribution in [2.45, 2.75) is 38.8 Å². The molecule has 1 aliphatic rings. The van der Waals surface area contributed by atoms with Gasteiger partial charge in [-0.3, -0.25) is 0 Å². The average Bonchev–Trinajstić information content (AvgIpc) is 3.20. The van der Waals surface area contributed by atoms with Gasteiger partial charge < -0.3 is 15.2 Å². The van der Waals surface area contributed by atoms with Gasteiger partial charge in [-0.15, -0.1) is 0 Å². The van der Waals surface area contributed by atoms with Crippen LogP contribution in [0, 0.1) is 13.8 Å². The molecule has 2 N–H and O–H groups in total. The summed E-state index contributed by atoms with van der Waals surface area (Å²) in [6.45, 7) is 4.07. The van der Waals surface area contributed by atoms with Gasteiger partial charge in [0.2, 0.25) is 0 Å². The highest BCUT2D eigenvalue weighted by molar-refractivity contribution is 5.90. The predicted molar refractivity (Wildman–Crippen MR) is 107 cm³/mol. The Balaban J connectivity index is 1.60. The number of aromatic nitrogens is 2. The van der Waals surface area contributed by atoms with E-state index in [0.717, 1.165) is 29.7 Å². The fourth-order valence-corrected chi connectivity index (χ4v) is 3.89. The smallest absolute Gasteiger partial charge is 0.319 e. The molecule has 2 atom stereocenters. The van der Waals surface area contributed by atoms with Crippen molar-refractivity contribution >= 4 is 11.7 Å². The van der Waals surface area contributed by atoms with Crippen LogP contribution < -0.4 is 10.6 Å².